The van der Waals surface area contributed by atoms with E-state index in [-0.39, 0.29) is 24.4 Å². The second kappa shape index (κ2) is 7.31. The van der Waals surface area contributed by atoms with Crippen molar-refractivity contribution in [3.05, 3.63) is 0 Å². The molecule has 0 saturated heterocycles. The molecule has 3 atom stereocenters. The molecule has 0 aromatic rings. The molecule has 3 unspecified atom stereocenters. The highest BCUT2D eigenvalue weighted by molar-refractivity contribution is 4.93. The third-order valence-electron chi connectivity index (χ3n) is 3.48. The van der Waals surface area contributed by atoms with Crippen molar-refractivity contribution in [2.75, 3.05) is 26.9 Å². The second-order valence-electron chi connectivity index (χ2n) is 5.09. The first kappa shape index (κ1) is 14.9. The summed E-state index contributed by atoms with van der Waals surface area (Å²) in [4.78, 5) is 0. The first-order valence-corrected chi connectivity index (χ1v) is 6.66. The maximum Gasteiger partial charge on any atom is 0.0784 e. The lowest BCUT2D eigenvalue weighted by molar-refractivity contribution is -0.0723. The van der Waals surface area contributed by atoms with Crippen LogP contribution in [0.2, 0.25) is 0 Å². The first-order chi connectivity index (χ1) is 8.15. The van der Waals surface area contributed by atoms with Crippen molar-refractivity contribution in [3.8, 4) is 0 Å². The van der Waals surface area contributed by atoms with Crippen molar-refractivity contribution in [2.24, 2.45) is 0 Å². The summed E-state index contributed by atoms with van der Waals surface area (Å²) in [6.45, 7) is 5.82. The van der Waals surface area contributed by atoms with Gasteiger partial charge < -0.3 is 19.9 Å². The molecule has 1 saturated carbocycles. The molecule has 17 heavy (non-hydrogen) atoms. The Bertz CT molecular complexity index is 209. The molecule has 2 N–H and O–H groups in total. The number of nitrogens with one attached hydrogen (secondary N) is 1. The summed E-state index contributed by atoms with van der Waals surface area (Å²) in [6.07, 6.45) is 4.49. The second-order valence-corrected chi connectivity index (χ2v) is 5.09. The normalized spacial score (nSPS) is 31.4. The van der Waals surface area contributed by atoms with E-state index in [1.807, 2.05) is 6.92 Å². The zero-order valence-electron chi connectivity index (χ0n) is 11.4. The monoisotopic (exact) mass is 245 g/mol. The Morgan fingerprint density at radius 2 is 2.29 bits per heavy atom. The van der Waals surface area contributed by atoms with E-state index < -0.39 is 0 Å². The zero-order valence-corrected chi connectivity index (χ0v) is 11.4. The fraction of sp³-hybridized carbons (Fsp3) is 1.00. The van der Waals surface area contributed by atoms with Crippen LogP contribution in [-0.4, -0.2) is 49.7 Å². The van der Waals surface area contributed by atoms with Crippen LogP contribution in [0.3, 0.4) is 0 Å². The molecule has 1 rings (SSSR count). The van der Waals surface area contributed by atoms with Gasteiger partial charge in [0.1, 0.15) is 0 Å². The van der Waals surface area contributed by atoms with Crippen LogP contribution in [0, 0.1) is 0 Å². The topological polar surface area (TPSA) is 50.7 Å². The highest BCUT2D eigenvalue weighted by Gasteiger charge is 2.36. The minimum absolute atomic E-state index is 0.126. The van der Waals surface area contributed by atoms with Crippen molar-refractivity contribution < 1.29 is 14.6 Å². The Hall–Kier alpha value is -0.160. The van der Waals surface area contributed by atoms with Gasteiger partial charge in [-0.1, -0.05) is 6.92 Å². The summed E-state index contributed by atoms with van der Waals surface area (Å²) in [5.74, 6) is 0. The maximum atomic E-state index is 9.59. The summed E-state index contributed by atoms with van der Waals surface area (Å²) in [5, 5.41) is 13.0. The number of hydrogen-bond donors (Lipinski definition) is 2. The van der Waals surface area contributed by atoms with Gasteiger partial charge in [0.2, 0.25) is 0 Å². The molecule has 1 aliphatic rings. The van der Waals surface area contributed by atoms with Crippen molar-refractivity contribution in [2.45, 2.75) is 57.3 Å². The molecular weight excluding hydrogens is 218 g/mol. The minimum Gasteiger partial charge on any atom is -0.394 e. The molecule has 0 aliphatic heterocycles. The van der Waals surface area contributed by atoms with Crippen LogP contribution in [0.15, 0.2) is 0 Å². The van der Waals surface area contributed by atoms with Crippen LogP contribution in [0.1, 0.15) is 39.5 Å². The summed E-state index contributed by atoms with van der Waals surface area (Å²) < 4.78 is 11.0. The SMILES string of the molecule is CCNC1(CO)CCCC(OC(C)COC)C1. The Kier molecular flexibility index (Phi) is 6.41. The van der Waals surface area contributed by atoms with Gasteiger partial charge >= 0.3 is 0 Å². The molecule has 4 heteroatoms. The molecular formula is C13H27NO3. The Morgan fingerprint density at radius 1 is 1.53 bits per heavy atom. The lowest BCUT2D eigenvalue weighted by Gasteiger charge is -2.41. The van der Waals surface area contributed by atoms with Gasteiger partial charge in [0.25, 0.3) is 0 Å². The molecule has 0 aromatic heterocycles. The Balaban J connectivity index is 2.47. The average molecular weight is 245 g/mol. The smallest absolute Gasteiger partial charge is 0.0784 e. The third-order valence-corrected chi connectivity index (χ3v) is 3.48. The lowest BCUT2D eigenvalue weighted by atomic mass is 9.80. The molecule has 0 bridgehead atoms. The predicted molar refractivity (Wildman–Crippen MR) is 68.2 cm³/mol. The number of aliphatic hydroxyl groups excluding tert-OH is 1. The summed E-state index contributed by atoms with van der Waals surface area (Å²) >= 11 is 0. The Labute approximate surface area is 105 Å². The van der Waals surface area contributed by atoms with Gasteiger partial charge in [-0.2, -0.15) is 0 Å². The molecule has 1 fully saturated rings. The van der Waals surface area contributed by atoms with Crippen LogP contribution in [0.5, 0.6) is 0 Å². The van der Waals surface area contributed by atoms with Crippen LogP contribution in [0.25, 0.3) is 0 Å². The summed E-state index contributed by atoms with van der Waals surface area (Å²) in [5.41, 5.74) is -0.134. The highest BCUT2D eigenvalue weighted by Crippen LogP contribution is 2.30. The van der Waals surface area contributed by atoms with E-state index >= 15 is 0 Å². The van der Waals surface area contributed by atoms with Gasteiger partial charge in [-0.25, -0.2) is 0 Å². The fourth-order valence-electron chi connectivity index (χ4n) is 2.76. The van der Waals surface area contributed by atoms with Crippen LogP contribution in [0.4, 0.5) is 0 Å². The van der Waals surface area contributed by atoms with E-state index in [1.54, 1.807) is 7.11 Å². The van der Waals surface area contributed by atoms with E-state index in [0.29, 0.717) is 6.61 Å². The van der Waals surface area contributed by atoms with E-state index in [0.717, 1.165) is 32.2 Å². The van der Waals surface area contributed by atoms with Gasteiger partial charge in [-0.15, -0.1) is 0 Å². The summed E-state index contributed by atoms with van der Waals surface area (Å²) in [6, 6.07) is 0. The van der Waals surface area contributed by atoms with E-state index in [9.17, 15) is 5.11 Å². The molecule has 1 aliphatic carbocycles. The van der Waals surface area contributed by atoms with E-state index in [4.69, 9.17) is 9.47 Å². The number of rotatable bonds is 7. The molecule has 0 heterocycles. The zero-order chi connectivity index (χ0) is 12.7. The standard InChI is InChI=1S/C13H27NO3/c1-4-14-13(10-15)7-5-6-12(8-13)17-11(2)9-16-3/h11-12,14-15H,4-10H2,1-3H3. The highest BCUT2D eigenvalue weighted by atomic mass is 16.5. The molecule has 0 radical (unpaired) electrons. The molecule has 0 aromatic carbocycles. The largest absolute Gasteiger partial charge is 0.394 e. The number of ether oxygens (including phenoxy) is 2. The molecule has 0 amide bonds. The van der Waals surface area contributed by atoms with Crippen LogP contribution in [-0.2, 0) is 9.47 Å². The minimum atomic E-state index is -0.134. The lowest BCUT2D eigenvalue weighted by Crippen LogP contribution is -2.53. The summed E-state index contributed by atoms with van der Waals surface area (Å²) in [7, 11) is 1.69. The molecule has 102 valence electrons. The van der Waals surface area contributed by atoms with Gasteiger partial charge in [0, 0.05) is 12.6 Å². The number of aliphatic hydroxyl groups is 1. The Morgan fingerprint density at radius 3 is 2.88 bits per heavy atom. The van der Waals surface area contributed by atoms with Gasteiger partial charge in [-0.3, -0.25) is 0 Å². The number of hydrogen-bond acceptors (Lipinski definition) is 4. The number of methoxy groups -OCH3 is 1. The van der Waals surface area contributed by atoms with Crippen LogP contribution >= 0.6 is 0 Å². The van der Waals surface area contributed by atoms with Crippen LogP contribution < -0.4 is 5.32 Å². The maximum absolute atomic E-state index is 9.59. The third kappa shape index (κ3) is 4.54. The van der Waals surface area contributed by atoms with Crippen molar-refractivity contribution >= 4 is 0 Å². The fourth-order valence-corrected chi connectivity index (χ4v) is 2.76. The van der Waals surface area contributed by atoms with Crippen molar-refractivity contribution in [3.63, 3.8) is 0 Å². The van der Waals surface area contributed by atoms with Crippen molar-refractivity contribution in [1.29, 1.82) is 0 Å². The predicted octanol–water partition coefficient (Wildman–Crippen LogP) is 1.32. The van der Waals surface area contributed by atoms with Gasteiger partial charge in [0.15, 0.2) is 0 Å². The van der Waals surface area contributed by atoms with E-state index in [1.165, 1.54) is 0 Å². The molecule has 0 spiro atoms. The van der Waals surface area contributed by atoms with Crippen molar-refractivity contribution in [1.82, 2.24) is 5.32 Å². The quantitative estimate of drug-likeness (QED) is 0.710. The average Bonchev–Trinajstić information content (AvgIpc) is 2.30. The first-order valence-electron chi connectivity index (χ1n) is 6.66. The van der Waals surface area contributed by atoms with E-state index in [2.05, 4.69) is 12.2 Å². The molecule has 4 nitrogen and oxygen atoms in total. The van der Waals surface area contributed by atoms with Gasteiger partial charge in [-0.05, 0) is 39.2 Å². The van der Waals surface area contributed by atoms with Gasteiger partial charge in [0.05, 0.1) is 25.4 Å². The number of likely N-dealkylation sites (N-methyl/N-ethyl adjacent to an activating group) is 1.